The summed E-state index contributed by atoms with van der Waals surface area (Å²) in [4.78, 5) is 0. The van der Waals surface area contributed by atoms with Crippen LogP contribution in [0.4, 0.5) is 0 Å². The Bertz CT molecular complexity index is 4520. The van der Waals surface area contributed by atoms with Crippen LogP contribution < -0.4 is 0 Å². The highest BCUT2D eigenvalue weighted by atomic mass is 15.0. The first-order chi connectivity index (χ1) is 38.1. The first-order valence-electron chi connectivity index (χ1n) is 30.6. The van der Waals surface area contributed by atoms with E-state index in [-0.39, 0.29) is 0 Å². The molecule has 50 heavy (non-hydrogen) atoms. The molecule has 0 bridgehead atoms. The van der Waals surface area contributed by atoms with Crippen molar-refractivity contribution >= 4 is 43.6 Å². The van der Waals surface area contributed by atoms with E-state index in [1.54, 1.807) is 0 Å². The molecule has 0 N–H and O–H groups in total. The number of rotatable bonds is 5. The van der Waals surface area contributed by atoms with Gasteiger partial charge in [-0.15, -0.1) is 0 Å². The largest absolute Gasteiger partial charge is 0.309 e. The molecular weight excluding hydrogens is 605 g/mol. The van der Waals surface area contributed by atoms with Gasteiger partial charge in [-0.2, -0.15) is 0 Å². The van der Waals surface area contributed by atoms with Crippen molar-refractivity contribution in [3.8, 4) is 44.8 Å². The highest BCUT2D eigenvalue weighted by Crippen LogP contribution is 2.45. The number of nitrogens with zero attached hydrogens (tertiary/aromatic N) is 2. The SMILES string of the molecule is [2H]c1c([2H])c([2H])c(-c2c([2H])c([2H])c([2H])c(-n3c4c([2H])c([2H])c([2H])c([2H])c4c4c([2H])c([2H])c5c(c6c([2H])c([2H])c([2H])c([2H])c6n5-c5c(-c6c([2H])c([2H])c([2H])c([2H])c6[2H])c([2H])c([2H])c([2H])c5-c5c([2H])c([2H])c([2H])c([2H])c5[2H])c43)c2[2H])c([2H])c1[2H]. The van der Waals surface area contributed by atoms with Crippen LogP contribution in [0.3, 0.4) is 0 Å². The number of para-hydroxylation sites is 3. The maximum absolute atomic E-state index is 10.0. The van der Waals surface area contributed by atoms with Crippen LogP contribution in [0.2, 0.25) is 0 Å². The van der Waals surface area contributed by atoms with E-state index >= 15 is 0 Å². The minimum absolute atomic E-state index is 0.630. The van der Waals surface area contributed by atoms with Crippen molar-refractivity contribution in [1.82, 2.24) is 9.13 Å². The third-order valence-corrected chi connectivity index (χ3v) is 7.90. The summed E-state index contributed by atoms with van der Waals surface area (Å²) >= 11 is 0. The molecule has 10 rings (SSSR count). The van der Waals surface area contributed by atoms with Gasteiger partial charge in [-0.05, 0) is 52.5 Å². The van der Waals surface area contributed by atoms with Crippen molar-refractivity contribution in [2.24, 2.45) is 0 Å². The number of benzene rings is 8. The summed E-state index contributed by atoms with van der Waals surface area (Å²) in [6.07, 6.45) is 0. The first kappa shape index (κ1) is 10.9. The van der Waals surface area contributed by atoms with Gasteiger partial charge in [0.25, 0.3) is 0 Å². The Hall–Kier alpha value is -6.64. The molecule has 8 aromatic carbocycles. The molecule has 2 aromatic heterocycles. The predicted octanol–water partition coefficient (Wildman–Crippen LogP) is 12.9. The molecule has 0 unspecified atom stereocenters. The highest BCUT2D eigenvalue weighted by molar-refractivity contribution is 6.26. The molecule has 234 valence electrons. The van der Waals surface area contributed by atoms with Crippen LogP contribution in [0.15, 0.2) is 193 Å². The molecule has 0 spiro atoms. The molecule has 0 saturated heterocycles. The molecular formula is C48H32N2. The number of aromatic nitrogens is 2. The third kappa shape index (κ3) is 4.36. The van der Waals surface area contributed by atoms with Gasteiger partial charge in [-0.25, -0.2) is 0 Å². The summed E-state index contributed by atoms with van der Waals surface area (Å²) in [5.74, 6) is 0. The van der Waals surface area contributed by atoms with E-state index in [1.807, 2.05) is 0 Å². The van der Waals surface area contributed by atoms with Crippen LogP contribution in [-0.2, 0) is 0 Å². The van der Waals surface area contributed by atoms with E-state index in [0.29, 0.717) is 9.13 Å². The number of hydrogen-bond donors (Lipinski definition) is 0. The van der Waals surface area contributed by atoms with Gasteiger partial charge < -0.3 is 9.13 Å². The fourth-order valence-corrected chi connectivity index (χ4v) is 5.95. The van der Waals surface area contributed by atoms with Gasteiger partial charge in [0.1, 0.15) is 0 Å². The van der Waals surface area contributed by atoms with E-state index in [2.05, 4.69) is 0 Å². The Morgan fingerprint density at radius 2 is 0.860 bits per heavy atom. The monoisotopic (exact) mass is 668 g/mol. The summed E-state index contributed by atoms with van der Waals surface area (Å²) in [6.45, 7) is 0. The molecule has 0 aliphatic rings. The Morgan fingerprint density at radius 1 is 0.340 bits per heavy atom. The minimum atomic E-state index is -1.18. The Kier molecular flexibility index (Phi) is 2.52. The van der Waals surface area contributed by atoms with Gasteiger partial charge in [-0.3, -0.25) is 0 Å². The van der Waals surface area contributed by atoms with Crippen molar-refractivity contribution in [3.05, 3.63) is 193 Å². The lowest BCUT2D eigenvalue weighted by Crippen LogP contribution is -2.00. The van der Waals surface area contributed by atoms with E-state index in [1.165, 1.54) is 0 Å². The van der Waals surface area contributed by atoms with Gasteiger partial charge in [-0.1, -0.05) is 163 Å². The molecule has 0 aliphatic heterocycles. The van der Waals surface area contributed by atoms with Crippen LogP contribution in [0.5, 0.6) is 0 Å². The van der Waals surface area contributed by atoms with Crippen molar-refractivity contribution in [2.45, 2.75) is 0 Å². The van der Waals surface area contributed by atoms with Crippen LogP contribution in [0.1, 0.15) is 43.9 Å². The molecule has 2 heterocycles. The van der Waals surface area contributed by atoms with Crippen LogP contribution >= 0.6 is 0 Å². The maximum atomic E-state index is 10.0. The molecule has 2 nitrogen and oxygen atoms in total. The quantitative estimate of drug-likeness (QED) is 0.173. The summed E-state index contributed by atoms with van der Waals surface area (Å²) in [6, 6.07) is -34.0. The van der Waals surface area contributed by atoms with Crippen molar-refractivity contribution < 1.29 is 43.9 Å². The topological polar surface area (TPSA) is 9.86 Å². The Balaban J connectivity index is 1.64. The standard InChI is InChI=1S/C48H32N2/c1-4-16-33(17-5-1)36-22-14-23-37(32-36)49-43-28-12-10-24-40(43)41-30-31-45-46(48(41)49)42-25-11-13-29-44(42)50(45)47-38(34-18-6-2-7-19-34)26-15-27-39(47)35-20-8-3-9-21-35/h1-32H/i1D,2D,3D,4D,5D,6D,7D,8D,9D,10D,11D,12D,13D,14D,15D,16D,17D,18D,19D,20D,21D,22D,23D,24D,25D,26D,27D,28D,29D,30D,31D,32D. The van der Waals surface area contributed by atoms with Crippen LogP contribution in [-0.4, -0.2) is 9.13 Å². The van der Waals surface area contributed by atoms with Gasteiger partial charge in [0.15, 0.2) is 0 Å². The lowest BCUT2D eigenvalue weighted by molar-refractivity contribution is 1.18. The molecule has 0 radical (unpaired) electrons. The number of hydrogen-bond acceptors (Lipinski definition) is 0. The van der Waals surface area contributed by atoms with E-state index in [0.717, 1.165) is 0 Å². The van der Waals surface area contributed by atoms with E-state index in [4.69, 9.17) is 23.3 Å². The third-order valence-electron chi connectivity index (χ3n) is 7.90. The van der Waals surface area contributed by atoms with Gasteiger partial charge in [0, 0.05) is 38.4 Å². The van der Waals surface area contributed by atoms with Crippen LogP contribution in [0, 0.1) is 0 Å². The van der Waals surface area contributed by atoms with E-state index < -0.39 is 282 Å². The Labute approximate surface area is 335 Å². The van der Waals surface area contributed by atoms with Crippen molar-refractivity contribution in [2.75, 3.05) is 0 Å². The average Bonchev–Trinajstić information content (AvgIpc) is 1.69. The Morgan fingerprint density at radius 3 is 1.52 bits per heavy atom. The molecule has 2 heteroatoms. The normalized spacial score (nSPS) is 20.6. The first-order valence-corrected chi connectivity index (χ1v) is 14.6. The number of fused-ring (bicyclic) bond motifs is 7. The second-order valence-electron chi connectivity index (χ2n) is 10.5. The van der Waals surface area contributed by atoms with Crippen molar-refractivity contribution in [3.63, 3.8) is 0 Å². The molecule has 10 aromatic rings. The fourth-order valence-electron chi connectivity index (χ4n) is 5.95. The van der Waals surface area contributed by atoms with Gasteiger partial charge >= 0.3 is 0 Å². The summed E-state index contributed by atoms with van der Waals surface area (Å²) in [5.41, 5.74) is -11.0. The zero-order valence-electron chi connectivity index (χ0n) is 56.9. The lowest BCUT2D eigenvalue weighted by atomic mass is 9.95. The molecule has 0 amide bonds. The maximum Gasteiger partial charge on any atom is 0.0651 e. The second-order valence-corrected chi connectivity index (χ2v) is 10.5. The molecule has 0 atom stereocenters. The fraction of sp³-hybridized carbons (Fsp3) is 0. The summed E-state index contributed by atoms with van der Waals surface area (Å²) < 4.78 is 292. The minimum Gasteiger partial charge on any atom is -0.309 e. The van der Waals surface area contributed by atoms with E-state index in [9.17, 15) is 20.6 Å². The molecule has 0 aliphatic carbocycles. The smallest absolute Gasteiger partial charge is 0.0651 e. The predicted molar refractivity (Wildman–Crippen MR) is 211 cm³/mol. The zero-order chi connectivity index (χ0) is 60.9. The second kappa shape index (κ2) is 11.5. The van der Waals surface area contributed by atoms with Crippen molar-refractivity contribution in [1.29, 1.82) is 0 Å². The highest BCUT2D eigenvalue weighted by Gasteiger charge is 2.23. The summed E-state index contributed by atoms with van der Waals surface area (Å²) in [5, 5.41) is -2.90. The molecule has 0 fully saturated rings. The summed E-state index contributed by atoms with van der Waals surface area (Å²) in [7, 11) is 0. The van der Waals surface area contributed by atoms with Gasteiger partial charge in [0.05, 0.1) is 71.6 Å². The van der Waals surface area contributed by atoms with Crippen LogP contribution in [0.25, 0.3) is 88.4 Å². The van der Waals surface area contributed by atoms with Gasteiger partial charge in [0.2, 0.25) is 0 Å². The molecule has 0 saturated carbocycles. The lowest BCUT2D eigenvalue weighted by Gasteiger charge is -2.19. The zero-order valence-corrected chi connectivity index (χ0v) is 24.9. The average molecular weight is 669 g/mol.